The SMILES string of the molecule is NC(=O)CCC(NC(=O)c1ccc2c(Cl)c[nH]c2c1)C(=O)Nc1ccc(N2CCCCC2=O)cc1. The number of anilines is 2. The Morgan fingerprint density at radius 3 is 2.60 bits per heavy atom. The van der Waals surface area contributed by atoms with Gasteiger partial charge in [0.1, 0.15) is 6.04 Å². The zero-order valence-corrected chi connectivity index (χ0v) is 19.7. The molecule has 1 aromatic heterocycles. The summed E-state index contributed by atoms with van der Waals surface area (Å²) in [5.41, 5.74) is 7.56. The first-order chi connectivity index (χ1) is 16.8. The van der Waals surface area contributed by atoms with Crippen LogP contribution in [0.2, 0.25) is 5.02 Å². The van der Waals surface area contributed by atoms with E-state index in [0.717, 1.165) is 23.9 Å². The maximum Gasteiger partial charge on any atom is 0.252 e. The molecule has 35 heavy (non-hydrogen) atoms. The molecule has 0 bridgehead atoms. The molecule has 0 aliphatic carbocycles. The van der Waals surface area contributed by atoms with Crippen LogP contribution in [0.25, 0.3) is 10.9 Å². The highest BCUT2D eigenvalue weighted by Crippen LogP contribution is 2.24. The summed E-state index contributed by atoms with van der Waals surface area (Å²) >= 11 is 6.09. The molecule has 1 aliphatic rings. The molecule has 5 N–H and O–H groups in total. The number of piperidine rings is 1. The molecule has 4 rings (SSSR count). The van der Waals surface area contributed by atoms with Gasteiger partial charge in [0.25, 0.3) is 5.91 Å². The highest BCUT2D eigenvalue weighted by atomic mass is 35.5. The Morgan fingerprint density at radius 1 is 1.11 bits per heavy atom. The van der Waals surface area contributed by atoms with Gasteiger partial charge in [0.05, 0.1) is 5.02 Å². The van der Waals surface area contributed by atoms with E-state index in [4.69, 9.17) is 17.3 Å². The molecule has 0 spiro atoms. The van der Waals surface area contributed by atoms with Gasteiger partial charge in [-0.1, -0.05) is 17.7 Å². The van der Waals surface area contributed by atoms with Crippen molar-refractivity contribution in [2.45, 2.75) is 38.1 Å². The molecular formula is C25H26ClN5O4. The molecule has 1 unspecified atom stereocenters. The smallest absolute Gasteiger partial charge is 0.252 e. The van der Waals surface area contributed by atoms with E-state index in [-0.39, 0.29) is 18.7 Å². The van der Waals surface area contributed by atoms with Crippen LogP contribution in [0.5, 0.6) is 0 Å². The lowest BCUT2D eigenvalue weighted by Gasteiger charge is -2.27. The lowest BCUT2D eigenvalue weighted by atomic mass is 10.1. The fourth-order valence-corrected chi connectivity index (χ4v) is 4.28. The monoisotopic (exact) mass is 495 g/mol. The zero-order chi connectivity index (χ0) is 24.9. The summed E-state index contributed by atoms with van der Waals surface area (Å²) in [6.45, 7) is 0.673. The number of nitrogens with two attached hydrogens (primary N) is 1. The number of carbonyl (C=O) groups is 4. The molecule has 1 atom stereocenters. The third kappa shape index (κ3) is 5.81. The molecule has 0 radical (unpaired) electrons. The zero-order valence-electron chi connectivity index (χ0n) is 19.0. The largest absolute Gasteiger partial charge is 0.370 e. The maximum absolute atomic E-state index is 13.0. The van der Waals surface area contributed by atoms with Gasteiger partial charge in [-0.2, -0.15) is 0 Å². The summed E-state index contributed by atoms with van der Waals surface area (Å²) in [5, 5.41) is 6.78. The average molecular weight is 496 g/mol. The van der Waals surface area contributed by atoms with Crippen LogP contribution in [0.3, 0.4) is 0 Å². The molecule has 4 amide bonds. The number of hydrogen-bond acceptors (Lipinski definition) is 4. The number of H-pyrrole nitrogens is 1. The molecule has 2 aromatic carbocycles. The fraction of sp³-hybridized carbons (Fsp3) is 0.280. The number of aromatic nitrogens is 1. The highest BCUT2D eigenvalue weighted by molar-refractivity contribution is 6.35. The van der Waals surface area contributed by atoms with Crippen molar-refractivity contribution in [1.82, 2.24) is 10.3 Å². The first-order valence-electron chi connectivity index (χ1n) is 11.4. The van der Waals surface area contributed by atoms with Crippen molar-refractivity contribution in [1.29, 1.82) is 0 Å². The number of carbonyl (C=O) groups excluding carboxylic acids is 4. The normalized spacial score (nSPS) is 14.5. The minimum Gasteiger partial charge on any atom is -0.370 e. The van der Waals surface area contributed by atoms with Gasteiger partial charge in [-0.3, -0.25) is 19.2 Å². The molecule has 182 valence electrons. The number of fused-ring (bicyclic) bond motifs is 1. The number of rotatable bonds is 8. The van der Waals surface area contributed by atoms with Crippen LogP contribution in [0.1, 0.15) is 42.5 Å². The molecule has 9 nitrogen and oxygen atoms in total. The number of hydrogen-bond donors (Lipinski definition) is 4. The Hall–Kier alpha value is -3.85. The van der Waals surface area contributed by atoms with Gasteiger partial charge >= 0.3 is 0 Å². The maximum atomic E-state index is 13.0. The Bertz CT molecular complexity index is 1270. The summed E-state index contributed by atoms with van der Waals surface area (Å²) in [6, 6.07) is 10.9. The van der Waals surface area contributed by atoms with Gasteiger partial charge in [0.2, 0.25) is 17.7 Å². The average Bonchev–Trinajstić information content (AvgIpc) is 3.22. The lowest BCUT2D eigenvalue weighted by molar-refractivity contribution is -0.120. The number of nitrogens with zero attached hydrogens (tertiary/aromatic N) is 1. The molecule has 2 heterocycles. The van der Waals surface area contributed by atoms with Crippen LogP contribution in [0, 0.1) is 0 Å². The molecule has 3 aromatic rings. The van der Waals surface area contributed by atoms with E-state index in [9.17, 15) is 19.2 Å². The van der Waals surface area contributed by atoms with E-state index in [2.05, 4.69) is 15.6 Å². The molecule has 0 saturated carbocycles. The number of aromatic amines is 1. The highest BCUT2D eigenvalue weighted by Gasteiger charge is 2.23. The van der Waals surface area contributed by atoms with Gasteiger partial charge in [-0.15, -0.1) is 0 Å². The van der Waals surface area contributed by atoms with Crippen molar-refractivity contribution in [3.8, 4) is 0 Å². The van der Waals surface area contributed by atoms with Crippen LogP contribution in [-0.2, 0) is 14.4 Å². The van der Waals surface area contributed by atoms with Crippen molar-refractivity contribution in [2.24, 2.45) is 5.73 Å². The second kappa shape index (κ2) is 10.6. The Labute approximate surface area is 207 Å². The fourth-order valence-electron chi connectivity index (χ4n) is 4.06. The predicted octanol–water partition coefficient (Wildman–Crippen LogP) is 3.34. The van der Waals surface area contributed by atoms with Crippen molar-refractivity contribution < 1.29 is 19.2 Å². The third-order valence-corrected chi connectivity index (χ3v) is 6.28. The summed E-state index contributed by atoms with van der Waals surface area (Å²) in [6.07, 6.45) is 3.99. The second-order valence-electron chi connectivity index (χ2n) is 8.47. The number of halogens is 1. The Morgan fingerprint density at radius 2 is 1.89 bits per heavy atom. The van der Waals surface area contributed by atoms with E-state index in [1.807, 2.05) is 0 Å². The third-order valence-electron chi connectivity index (χ3n) is 5.96. The number of amides is 4. The quantitative estimate of drug-likeness (QED) is 0.380. The van der Waals surface area contributed by atoms with Gasteiger partial charge < -0.3 is 26.3 Å². The molecular weight excluding hydrogens is 470 g/mol. The van der Waals surface area contributed by atoms with Crippen LogP contribution in [-0.4, -0.2) is 41.2 Å². The number of primary amides is 1. The van der Waals surface area contributed by atoms with E-state index in [1.165, 1.54) is 0 Å². The Kier molecular flexibility index (Phi) is 7.36. The van der Waals surface area contributed by atoms with Gasteiger partial charge in [-0.25, -0.2) is 0 Å². The first kappa shape index (κ1) is 24.3. The van der Waals surface area contributed by atoms with E-state index in [1.54, 1.807) is 53.6 Å². The van der Waals surface area contributed by atoms with E-state index >= 15 is 0 Å². The second-order valence-corrected chi connectivity index (χ2v) is 8.87. The molecule has 10 heteroatoms. The standard InChI is InChI=1S/C25H26ClN5O4/c26-19-14-28-21-13-15(4-9-18(19)21)24(34)30-20(10-11-22(27)32)25(35)29-16-5-7-17(8-6-16)31-12-2-1-3-23(31)33/h4-9,13-14,20,28H,1-3,10-12H2,(H2,27,32)(H,29,35)(H,30,34). The lowest BCUT2D eigenvalue weighted by Crippen LogP contribution is -2.44. The van der Waals surface area contributed by atoms with Crippen LogP contribution in [0.4, 0.5) is 11.4 Å². The van der Waals surface area contributed by atoms with E-state index in [0.29, 0.717) is 34.8 Å². The minimum absolute atomic E-state index is 0.0455. The number of nitrogens with one attached hydrogen (secondary N) is 3. The molecule has 1 aliphatic heterocycles. The predicted molar refractivity (Wildman–Crippen MR) is 134 cm³/mol. The topological polar surface area (TPSA) is 137 Å². The molecule has 1 saturated heterocycles. The van der Waals surface area contributed by atoms with Crippen molar-refractivity contribution in [2.75, 3.05) is 16.8 Å². The molecule has 1 fully saturated rings. The van der Waals surface area contributed by atoms with Gasteiger partial charge in [0, 0.05) is 53.4 Å². The van der Waals surface area contributed by atoms with Crippen molar-refractivity contribution >= 4 is 57.5 Å². The van der Waals surface area contributed by atoms with E-state index < -0.39 is 23.8 Å². The van der Waals surface area contributed by atoms with Crippen molar-refractivity contribution in [3.05, 3.63) is 59.2 Å². The van der Waals surface area contributed by atoms with Crippen LogP contribution in [0.15, 0.2) is 48.7 Å². The van der Waals surface area contributed by atoms with Gasteiger partial charge in [-0.05, 0) is 55.7 Å². The van der Waals surface area contributed by atoms with Crippen LogP contribution < -0.4 is 21.3 Å². The van der Waals surface area contributed by atoms with Crippen LogP contribution >= 0.6 is 11.6 Å². The minimum atomic E-state index is -0.985. The number of benzene rings is 2. The Balaban J connectivity index is 1.45. The summed E-state index contributed by atoms with van der Waals surface area (Å²) in [7, 11) is 0. The van der Waals surface area contributed by atoms with Crippen molar-refractivity contribution in [3.63, 3.8) is 0 Å². The summed E-state index contributed by atoms with van der Waals surface area (Å²) < 4.78 is 0. The summed E-state index contributed by atoms with van der Waals surface area (Å²) in [4.78, 5) is 54.0. The summed E-state index contributed by atoms with van der Waals surface area (Å²) in [5.74, 6) is -1.44. The van der Waals surface area contributed by atoms with Gasteiger partial charge in [0.15, 0.2) is 0 Å². The first-order valence-corrected chi connectivity index (χ1v) is 11.8.